The van der Waals surface area contributed by atoms with Crippen LogP contribution in [0.2, 0.25) is 0 Å². The Balaban J connectivity index is 1.95. The molecule has 1 heterocycles. The maximum atomic E-state index is 12.4. The summed E-state index contributed by atoms with van der Waals surface area (Å²) in [5.41, 5.74) is 7.69. The predicted molar refractivity (Wildman–Crippen MR) is 81.8 cm³/mol. The van der Waals surface area contributed by atoms with E-state index in [9.17, 15) is 4.21 Å². The fourth-order valence-corrected chi connectivity index (χ4v) is 4.05. The third-order valence-corrected chi connectivity index (χ3v) is 5.42. The van der Waals surface area contributed by atoms with Crippen LogP contribution in [-0.4, -0.2) is 34.5 Å². The van der Waals surface area contributed by atoms with E-state index in [4.69, 9.17) is 5.73 Å². The van der Waals surface area contributed by atoms with Crippen molar-refractivity contribution < 1.29 is 4.21 Å². The zero-order valence-electron chi connectivity index (χ0n) is 11.9. The summed E-state index contributed by atoms with van der Waals surface area (Å²) < 4.78 is 12.4. The Bertz CT molecular complexity index is 461. The Labute approximate surface area is 118 Å². The second-order valence-corrected chi connectivity index (χ2v) is 7.05. The molecule has 1 fully saturated rings. The Morgan fingerprint density at radius 1 is 1.42 bits per heavy atom. The van der Waals surface area contributed by atoms with Crippen LogP contribution in [-0.2, 0) is 10.8 Å². The minimum Gasteiger partial charge on any atom is -0.398 e. The molecule has 0 amide bonds. The molecule has 0 aromatic heterocycles. The van der Waals surface area contributed by atoms with Crippen LogP contribution in [0, 0.1) is 6.92 Å². The van der Waals surface area contributed by atoms with Crippen molar-refractivity contribution in [3.8, 4) is 0 Å². The molecule has 0 aliphatic carbocycles. The number of nitrogens with two attached hydrogens (primary N) is 1. The lowest BCUT2D eigenvalue weighted by molar-refractivity contribution is 0.182. The molecule has 0 radical (unpaired) electrons. The monoisotopic (exact) mass is 280 g/mol. The van der Waals surface area contributed by atoms with Crippen LogP contribution >= 0.6 is 0 Å². The van der Waals surface area contributed by atoms with Gasteiger partial charge in [0.15, 0.2) is 0 Å². The van der Waals surface area contributed by atoms with Gasteiger partial charge < -0.3 is 10.6 Å². The summed E-state index contributed by atoms with van der Waals surface area (Å²) in [7, 11) is 1.20. The van der Waals surface area contributed by atoms with Crippen molar-refractivity contribution >= 4 is 16.5 Å². The average Bonchev–Trinajstić information content (AvgIpc) is 2.40. The molecule has 1 aromatic carbocycles. The zero-order chi connectivity index (χ0) is 13.8. The third kappa shape index (κ3) is 3.80. The van der Waals surface area contributed by atoms with Crippen LogP contribution in [0.25, 0.3) is 0 Å². The van der Waals surface area contributed by atoms with E-state index in [1.807, 2.05) is 25.1 Å². The smallest absolute Gasteiger partial charge is 0.0620 e. The van der Waals surface area contributed by atoms with Crippen molar-refractivity contribution in [1.82, 2.24) is 4.90 Å². The molecule has 0 spiro atoms. The molecule has 1 saturated heterocycles. The number of nitrogens with zero attached hydrogens (tertiary/aromatic N) is 1. The number of rotatable bonds is 4. The minimum atomic E-state index is -0.974. The van der Waals surface area contributed by atoms with Crippen molar-refractivity contribution in [3.63, 3.8) is 0 Å². The Hall–Kier alpha value is -0.870. The topological polar surface area (TPSA) is 46.3 Å². The number of anilines is 1. The van der Waals surface area contributed by atoms with Crippen LogP contribution in [0.4, 0.5) is 5.69 Å². The second-order valence-electron chi connectivity index (χ2n) is 5.51. The van der Waals surface area contributed by atoms with E-state index in [0.29, 0.717) is 17.5 Å². The number of nitrogen functional groups attached to an aromatic ring is 1. The summed E-state index contributed by atoms with van der Waals surface area (Å²) in [6.07, 6.45) is 4.82. The highest BCUT2D eigenvalue weighted by molar-refractivity contribution is 7.85. The van der Waals surface area contributed by atoms with E-state index in [1.165, 1.54) is 25.8 Å². The molecule has 1 aliphatic heterocycles. The van der Waals surface area contributed by atoms with Crippen LogP contribution in [0.15, 0.2) is 23.1 Å². The first-order chi connectivity index (χ1) is 9.08. The van der Waals surface area contributed by atoms with Crippen LogP contribution in [0.1, 0.15) is 31.2 Å². The molecule has 2 unspecified atom stereocenters. The van der Waals surface area contributed by atoms with Crippen molar-refractivity contribution in [1.29, 1.82) is 0 Å². The Kier molecular flexibility index (Phi) is 4.99. The Morgan fingerprint density at radius 2 is 2.21 bits per heavy atom. The van der Waals surface area contributed by atoms with Crippen LogP contribution in [0.3, 0.4) is 0 Å². The number of hydrogen-bond donors (Lipinski definition) is 1. The molecule has 4 heteroatoms. The SMILES string of the molecule is Cc1ccc(N)c(S(=O)CCC2CCCCN2C)c1. The molecule has 1 aliphatic rings. The summed E-state index contributed by atoms with van der Waals surface area (Å²) in [4.78, 5) is 3.21. The first-order valence-corrected chi connectivity index (χ1v) is 8.34. The first-order valence-electron chi connectivity index (χ1n) is 7.02. The molecule has 106 valence electrons. The molecule has 0 saturated carbocycles. The second kappa shape index (κ2) is 6.53. The van der Waals surface area contributed by atoms with E-state index >= 15 is 0 Å². The maximum Gasteiger partial charge on any atom is 0.0620 e. The summed E-state index contributed by atoms with van der Waals surface area (Å²) >= 11 is 0. The number of benzene rings is 1. The van der Waals surface area contributed by atoms with Gasteiger partial charge in [-0.05, 0) is 57.5 Å². The zero-order valence-corrected chi connectivity index (χ0v) is 12.7. The van der Waals surface area contributed by atoms with Crippen LogP contribution in [0.5, 0.6) is 0 Å². The van der Waals surface area contributed by atoms with Gasteiger partial charge >= 0.3 is 0 Å². The van der Waals surface area contributed by atoms with E-state index in [0.717, 1.165) is 16.9 Å². The van der Waals surface area contributed by atoms with Crippen molar-refractivity contribution in [3.05, 3.63) is 23.8 Å². The van der Waals surface area contributed by atoms with Gasteiger partial charge in [0, 0.05) is 17.5 Å². The average molecular weight is 280 g/mol. The predicted octanol–water partition coefficient (Wildman–Crippen LogP) is 2.56. The molecule has 3 nitrogen and oxygen atoms in total. The van der Waals surface area contributed by atoms with Gasteiger partial charge in [-0.25, -0.2) is 0 Å². The van der Waals surface area contributed by atoms with Crippen LogP contribution < -0.4 is 5.73 Å². The third-order valence-electron chi connectivity index (χ3n) is 3.97. The lowest BCUT2D eigenvalue weighted by atomic mass is 10.0. The number of aryl methyl sites for hydroxylation is 1. The molecule has 2 atom stereocenters. The highest BCUT2D eigenvalue weighted by Crippen LogP contribution is 2.22. The van der Waals surface area contributed by atoms with E-state index in [2.05, 4.69) is 11.9 Å². The molecule has 2 N–H and O–H groups in total. The van der Waals surface area contributed by atoms with Gasteiger partial charge in [0.1, 0.15) is 0 Å². The standard InChI is InChI=1S/C15H24N2OS/c1-12-6-7-14(16)15(11-12)19(18)10-8-13-5-3-4-9-17(13)2/h6-7,11,13H,3-5,8-10,16H2,1-2H3. The number of piperidine rings is 1. The molecule has 1 aromatic rings. The fraction of sp³-hybridized carbons (Fsp3) is 0.600. The normalized spacial score (nSPS) is 22.3. The van der Waals surface area contributed by atoms with E-state index in [-0.39, 0.29) is 0 Å². The van der Waals surface area contributed by atoms with E-state index < -0.39 is 10.8 Å². The number of likely N-dealkylation sites (tertiary alicyclic amines) is 1. The summed E-state index contributed by atoms with van der Waals surface area (Å²) in [5.74, 6) is 0.711. The van der Waals surface area contributed by atoms with Gasteiger partial charge in [0.25, 0.3) is 0 Å². The van der Waals surface area contributed by atoms with Crippen molar-refractivity contribution in [2.45, 2.75) is 43.5 Å². The molecular weight excluding hydrogens is 256 g/mol. The van der Waals surface area contributed by atoms with Gasteiger partial charge in [0.05, 0.1) is 15.7 Å². The van der Waals surface area contributed by atoms with E-state index in [1.54, 1.807) is 0 Å². The number of hydrogen-bond acceptors (Lipinski definition) is 3. The fourth-order valence-electron chi connectivity index (χ4n) is 2.70. The highest BCUT2D eigenvalue weighted by atomic mass is 32.2. The molecule has 2 rings (SSSR count). The molecule has 0 bridgehead atoms. The molecular formula is C15H24N2OS. The minimum absolute atomic E-state index is 0.587. The Morgan fingerprint density at radius 3 is 2.95 bits per heavy atom. The summed E-state index contributed by atoms with van der Waals surface area (Å²) in [6, 6.07) is 6.36. The van der Waals surface area contributed by atoms with Gasteiger partial charge in [-0.2, -0.15) is 0 Å². The molecule has 19 heavy (non-hydrogen) atoms. The van der Waals surface area contributed by atoms with Crippen molar-refractivity contribution in [2.24, 2.45) is 0 Å². The quantitative estimate of drug-likeness (QED) is 0.862. The van der Waals surface area contributed by atoms with Gasteiger partial charge in [0.2, 0.25) is 0 Å². The first kappa shape index (κ1) is 14.5. The summed E-state index contributed by atoms with van der Waals surface area (Å²) in [5, 5.41) is 0. The van der Waals surface area contributed by atoms with Gasteiger partial charge in [-0.15, -0.1) is 0 Å². The lowest BCUT2D eigenvalue weighted by Gasteiger charge is -2.32. The summed E-state index contributed by atoms with van der Waals surface area (Å²) in [6.45, 7) is 3.18. The highest BCUT2D eigenvalue weighted by Gasteiger charge is 2.20. The van der Waals surface area contributed by atoms with Gasteiger partial charge in [-0.1, -0.05) is 12.5 Å². The largest absolute Gasteiger partial charge is 0.398 e. The van der Waals surface area contributed by atoms with Crippen molar-refractivity contribution in [2.75, 3.05) is 25.1 Å². The van der Waals surface area contributed by atoms with Gasteiger partial charge in [-0.3, -0.25) is 4.21 Å². The lowest BCUT2D eigenvalue weighted by Crippen LogP contribution is -2.37. The maximum absolute atomic E-state index is 12.4.